The third-order valence-corrected chi connectivity index (χ3v) is 5.22. The van der Waals surface area contributed by atoms with Crippen LogP contribution in [0.4, 0.5) is 4.39 Å². The molecule has 0 aromatic heterocycles. The van der Waals surface area contributed by atoms with E-state index in [0.717, 1.165) is 26.2 Å². The molecule has 0 amide bonds. The summed E-state index contributed by atoms with van der Waals surface area (Å²) in [6.45, 7) is 4.21. The summed E-state index contributed by atoms with van der Waals surface area (Å²) in [6.07, 6.45) is 6.56. The second-order valence-corrected chi connectivity index (χ2v) is 6.71. The first-order valence-corrected chi connectivity index (χ1v) is 8.53. The topological polar surface area (TPSA) is 15.3 Å². The molecular weight excluding hydrogens is 287 g/mol. The van der Waals surface area contributed by atoms with Crippen molar-refractivity contribution in [3.63, 3.8) is 0 Å². The van der Waals surface area contributed by atoms with Crippen LogP contribution >= 0.6 is 11.6 Å². The molecule has 4 heteroatoms. The first-order chi connectivity index (χ1) is 10.3. The van der Waals surface area contributed by atoms with E-state index in [4.69, 9.17) is 11.6 Å². The van der Waals surface area contributed by atoms with Crippen molar-refractivity contribution < 1.29 is 4.39 Å². The Morgan fingerprint density at radius 3 is 2.52 bits per heavy atom. The van der Waals surface area contributed by atoms with Crippen molar-refractivity contribution in [1.29, 1.82) is 0 Å². The van der Waals surface area contributed by atoms with Gasteiger partial charge < -0.3 is 5.32 Å². The molecule has 21 heavy (non-hydrogen) atoms. The molecule has 1 saturated heterocycles. The maximum absolute atomic E-state index is 13.5. The fourth-order valence-corrected chi connectivity index (χ4v) is 4.08. The summed E-state index contributed by atoms with van der Waals surface area (Å²) in [4.78, 5) is 2.57. The average molecular weight is 311 g/mol. The summed E-state index contributed by atoms with van der Waals surface area (Å²) < 4.78 is 13.5. The van der Waals surface area contributed by atoms with Gasteiger partial charge in [-0.1, -0.05) is 36.9 Å². The van der Waals surface area contributed by atoms with Crippen LogP contribution in [0.25, 0.3) is 0 Å². The van der Waals surface area contributed by atoms with Crippen LogP contribution in [-0.2, 0) is 0 Å². The summed E-state index contributed by atoms with van der Waals surface area (Å²) >= 11 is 6.03. The standard InChI is InChI=1S/C17H24ClFN2/c18-15-12-14(6-7-16(15)19)17(13-4-2-1-3-5-13)21-10-8-20-9-11-21/h6-7,12-13,17,20H,1-5,8-11H2/t17-/m0/s1. The molecule has 0 bridgehead atoms. The highest BCUT2D eigenvalue weighted by Crippen LogP contribution is 2.39. The van der Waals surface area contributed by atoms with Crippen LogP contribution in [0.5, 0.6) is 0 Å². The molecule has 2 fully saturated rings. The quantitative estimate of drug-likeness (QED) is 0.907. The van der Waals surface area contributed by atoms with Crippen molar-refractivity contribution in [2.75, 3.05) is 26.2 Å². The molecule has 3 rings (SSSR count). The lowest BCUT2D eigenvalue weighted by Crippen LogP contribution is -2.47. The van der Waals surface area contributed by atoms with Crippen molar-refractivity contribution in [2.45, 2.75) is 38.1 Å². The predicted molar refractivity (Wildman–Crippen MR) is 85.2 cm³/mol. The Morgan fingerprint density at radius 1 is 1.14 bits per heavy atom. The lowest BCUT2D eigenvalue weighted by atomic mass is 9.80. The van der Waals surface area contributed by atoms with Gasteiger partial charge in [0.05, 0.1) is 5.02 Å². The van der Waals surface area contributed by atoms with Crippen LogP contribution in [0.15, 0.2) is 18.2 Å². The van der Waals surface area contributed by atoms with Gasteiger partial charge in [0, 0.05) is 32.2 Å². The monoisotopic (exact) mass is 310 g/mol. The first kappa shape index (κ1) is 15.3. The Kier molecular flexibility index (Phi) is 5.15. The Hall–Kier alpha value is -0.640. The van der Waals surface area contributed by atoms with Gasteiger partial charge in [0.15, 0.2) is 0 Å². The van der Waals surface area contributed by atoms with Gasteiger partial charge in [-0.3, -0.25) is 4.90 Å². The molecule has 1 aromatic carbocycles. The maximum atomic E-state index is 13.5. The molecule has 1 aromatic rings. The SMILES string of the molecule is Fc1ccc([C@H](C2CCCCC2)N2CCNCC2)cc1Cl. The second-order valence-electron chi connectivity index (χ2n) is 6.30. The number of piperazine rings is 1. The van der Waals surface area contributed by atoms with Crippen molar-refractivity contribution in [1.82, 2.24) is 10.2 Å². The summed E-state index contributed by atoms with van der Waals surface area (Å²) in [5.74, 6) is 0.362. The van der Waals surface area contributed by atoms with Gasteiger partial charge in [-0.2, -0.15) is 0 Å². The summed E-state index contributed by atoms with van der Waals surface area (Å²) in [6, 6.07) is 5.70. The average Bonchev–Trinajstić information content (AvgIpc) is 2.53. The van der Waals surface area contributed by atoms with Crippen LogP contribution in [0.1, 0.15) is 43.7 Å². The first-order valence-electron chi connectivity index (χ1n) is 8.15. The highest BCUT2D eigenvalue weighted by molar-refractivity contribution is 6.30. The van der Waals surface area contributed by atoms with Gasteiger partial charge in [0.1, 0.15) is 5.82 Å². The highest BCUT2D eigenvalue weighted by atomic mass is 35.5. The Balaban J connectivity index is 1.87. The van der Waals surface area contributed by atoms with E-state index in [1.807, 2.05) is 12.1 Å². The molecule has 2 aliphatic rings. The molecular formula is C17H24ClFN2. The molecule has 1 N–H and O–H groups in total. The zero-order chi connectivity index (χ0) is 14.7. The molecule has 1 heterocycles. The van der Waals surface area contributed by atoms with Gasteiger partial charge in [-0.25, -0.2) is 4.39 Å². The Bertz CT molecular complexity index is 450. The van der Waals surface area contributed by atoms with Crippen molar-refractivity contribution >= 4 is 11.6 Å². The fourth-order valence-electron chi connectivity index (χ4n) is 3.89. The molecule has 1 aliphatic heterocycles. The number of benzene rings is 1. The predicted octanol–water partition coefficient (Wildman–Crippen LogP) is 4.01. The van der Waals surface area contributed by atoms with Gasteiger partial charge in [-0.05, 0) is 36.5 Å². The fraction of sp³-hybridized carbons (Fsp3) is 0.647. The number of rotatable bonds is 3. The smallest absolute Gasteiger partial charge is 0.141 e. The molecule has 1 saturated carbocycles. The minimum atomic E-state index is -0.317. The number of halogens is 2. The normalized spacial score (nSPS) is 23.1. The number of nitrogens with zero attached hydrogens (tertiary/aromatic N) is 1. The van der Waals surface area contributed by atoms with Crippen LogP contribution in [0.3, 0.4) is 0 Å². The molecule has 2 nitrogen and oxygen atoms in total. The van der Waals surface area contributed by atoms with Crippen molar-refractivity contribution in [2.24, 2.45) is 5.92 Å². The van der Waals surface area contributed by atoms with Crippen LogP contribution in [0.2, 0.25) is 5.02 Å². The van der Waals surface area contributed by atoms with Crippen LogP contribution < -0.4 is 5.32 Å². The zero-order valence-corrected chi connectivity index (χ0v) is 13.2. The number of hydrogen-bond acceptors (Lipinski definition) is 2. The van der Waals surface area contributed by atoms with Crippen LogP contribution in [-0.4, -0.2) is 31.1 Å². The maximum Gasteiger partial charge on any atom is 0.141 e. The summed E-state index contributed by atoms with van der Waals surface area (Å²) in [7, 11) is 0. The minimum absolute atomic E-state index is 0.253. The molecule has 0 radical (unpaired) electrons. The molecule has 0 spiro atoms. The summed E-state index contributed by atoms with van der Waals surface area (Å²) in [5, 5.41) is 3.67. The Morgan fingerprint density at radius 2 is 1.86 bits per heavy atom. The van der Waals surface area contributed by atoms with Gasteiger partial charge in [-0.15, -0.1) is 0 Å². The van der Waals surface area contributed by atoms with E-state index in [1.54, 1.807) is 0 Å². The Labute approximate surface area is 131 Å². The van der Waals surface area contributed by atoms with E-state index in [-0.39, 0.29) is 10.8 Å². The molecule has 1 atom stereocenters. The molecule has 0 unspecified atom stereocenters. The third-order valence-electron chi connectivity index (χ3n) is 4.93. The highest BCUT2D eigenvalue weighted by Gasteiger charge is 2.31. The molecule has 1 aliphatic carbocycles. The number of nitrogens with one attached hydrogen (secondary N) is 1. The zero-order valence-electron chi connectivity index (χ0n) is 12.5. The largest absolute Gasteiger partial charge is 0.314 e. The van der Waals surface area contributed by atoms with E-state index in [2.05, 4.69) is 10.2 Å². The van der Waals surface area contributed by atoms with Crippen molar-refractivity contribution in [3.8, 4) is 0 Å². The number of hydrogen-bond donors (Lipinski definition) is 1. The van der Waals surface area contributed by atoms with E-state index in [1.165, 1.54) is 43.7 Å². The van der Waals surface area contributed by atoms with Crippen LogP contribution in [0, 0.1) is 11.7 Å². The van der Waals surface area contributed by atoms with E-state index in [9.17, 15) is 4.39 Å². The van der Waals surface area contributed by atoms with Gasteiger partial charge in [0.25, 0.3) is 0 Å². The van der Waals surface area contributed by atoms with E-state index < -0.39 is 0 Å². The summed E-state index contributed by atoms with van der Waals surface area (Å²) in [5.41, 5.74) is 1.19. The van der Waals surface area contributed by atoms with E-state index in [0.29, 0.717) is 12.0 Å². The van der Waals surface area contributed by atoms with E-state index >= 15 is 0 Å². The second kappa shape index (κ2) is 7.08. The van der Waals surface area contributed by atoms with Gasteiger partial charge in [0.2, 0.25) is 0 Å². The van der Waals surface area contributed by atoms with Gasteiger partial charge >= 0.3 is 0 Å². The minimum Gasteiger partial charge on any atom is -0.314 e. The third kappa shape index (κ3) is 3.58. The molecule has 116 valence electrons. The lowest BCUT2D eigenvalue weighted by molar-refractivity contribution is 0.103. The lowest BCUT2D eigenvalue weighted by Gasteiger charge is -2.41. The van der Waals surface area contributed by atoms with Crippen molar-refractivity contribution in [3.05, 3.63) is 34.6 Å².